The predicted octanol–water partition coefficient (Wildman–Crippen LogP) is -0.315. The van der Waals surface area contributed by atoms with Crippen LogP contribution in [0.4, 0.5) is 0 Å². The fraction of sp³-hybridized carbons (Fsp3) is 0.400. The van der Waals surface area contributed by atoms with Crippen LogP contribution in [0.2, 0.25) is 0 Å². The van der Waals surface area contributed by atoms with E-state index >= 15 is 0 Å². The molecule has 0 fully saturated rings. The van der Waals surface area contributed by atoms with Gasteiger partial charge in [-0.3, -0.25) is 4.68 Å². The lowest BCUT2D eigenvalue weighted by atomic mass is 10.8. The van der Waals surface area contributed by atoms with Crippen LogP contribution in [0.1, 0.15) is 0 Å². The van der Waals surface area contributed by atoms with Gasteiger partial charge in [-0.25, -0.2) is 8.42 Å². The van der Waals surface area contributed by atoms with E-state index < -0.39 is 9.84 Å². The monoisotopic (exact) mass is 159 g/mol. The summed E-state index contributed by atoms with van der Waals surface area (Å²) in [7, 11) is -2.97. The predicted molar refractivity (Wildman–Crippen MR) is 35.9 cm³/mol. The highest BCUT2D eigenvalue weighted by Crippen LogP contribution is 1.89. The van der Waals surface area contributed by atoms with E-state index in [2.05, 4.69) is 11.3 Å². The Morgan fingerprint density at radius 2 is 2.40 bits per heavy atom. The summed E-state index contributed by atoms with van der Waals surface area (Å²) >= 11 is 0. The SMILES string of the molecule is CS(=O)(=O)Cn1cc[c]n1. The summed E-state index contributed by atoms with van der Waals surface area (Å²) in [5.41, 5.74) is 0. The number of hydrogen-bond acceptors (Lipinski definition) is 3. The Balaban J connectivity index is 2.75. The second-order valence-electron chi connectivity index (χ2n) is 2.04. The topological polar surface area (TPSA) is 52.0 Å². The van der Waals surface area contributed by atoms with Crippen molar-refractivity contribution in [2.24, 2.45) is 0 Å². The van der Waals surface area contributed by atoms with Gasteiger partial charge in [-0.05, 0) is 6.07 Å². The molecular formula is C5H7N2O2S. The molecule has 55 valence electrons. The molecule has 1 aromatic heterocycles. The first-order valence-corrected chi connectivity index (χ1v) is 4.71. The fourth-order valence-corrected chi connectivity index (χ4v) is 1.20. The van der Waals surface area contributed by atoms with Gasteiger partial charge in [0.2, 0.25) is 0 Å². The van der Waals surface area contributed by atoms with E-state index in [0.717, 1.165) is 6.26 Å². The van der Waals surface area contributed by atoms with Gasteiger partial charge in [-0.1, -0.05) is 0 Å². The zero-order chi connectivity index (χ0) is 7.61. The smallest absolute Gasteiger partial charge is 0.167 e. The Bertz CT molecular complexity index is 287. The Labute approximate surface area is 59.4 Å². The van der Waals surface area contributed by atoms with Crippen molar-refractivity contribution in [1.29, 1.82) is 0 Å². The first-order chi connectivity index (χ1) is 4.58. The van der Waals surface area contributed by atoms with Gasteiger partial charge < -0.3 is 0 Å². The summed E-state index contributed by atoms with van der Waals surface area (Å²) in [6, 6.07) is 1.56. The highest BCUT2D eigenvalue weighted by molar-refractivity contribution is 7.89. The van der Waals surface area contributed by atoms with Crippen LogP contribution in [0.3, 0.4) is 0 Å². The van der Waals surface area contributed by atoms with Gasteiger partial charge in [-0.2, -0.15) is 5.10 Å². The summed E-state index contributed by atoms with van der Waals surface area (Å²) in [5, 5.41) is 3.61. The molecule has 0 unspecified atom stereocenters. The van der Waals surface area contributed by atoms with Crippen LogP contribution in [0.15, 0.2) is 12.3 Å². The van der Waals surface area contributed by atoms with Crippen LogP contribution in [0.25, 0.3) is 0 Å². The van der Waals surface area contributed by atoms with Crippen LogP contribution in [-0.2, 0) is 15.7 Å². The third kappa shape index (κ3) is 2.18. The Hall–Kier alpha value is -0.840. The number of sulfone groups is 1. The van der Waals surface area contributed by atoms with Gasteiger partial charge in [0.1, 0.15) is 12.1 Å². The van der Waals surface area contributed by atoms with Crippen molar-refractivity contribution in [2.45, 2.75) is 5.88 Å². The number of rotatable bonds is 2. The summed E-state index contributed by atoms with van der Waals surface area (Å²) in [4.78, 5) is 0. The van der Waals surface area contributed by atoms with Gasteiger partial charge in [0, 0.05) is 12.5 Å². The minimum absolute atomic E-state index is 0.0729. The van der Waals surface area contributed by atoms with E-state index in [1.54, 1.807) is 12.3 Å². The summed E-state index contributed by atoms with van der Waals surface area (Å²) in [6.07, 6.45) is 5.22. The number of hydrogen-bond donors (Lipinski definition) is 0. The minimum Gasteiger partial charge on any atom is -0.257 e. The highest BCUT2D eigenvalue weighted by Gasteiger charge is 2.01. The van der Waals surface area contributed by atoms with Gasteiger partial charge in [-0.15, -0.1) is 0 Å². The molecule has 0 aliphatic carbocycles. The molecule has 4 nitrogen and oxygen atoms in total. The van der Waals surface area contributed by atoms with Crippen molar-refractivity contribution in [2.75, 3.05) is 6.26 Å². The van der Waals surface area contributed by atoms with Gasteiger partial charge in [0.05, 0.1) is 0 Å². The molecule has 5 heteroatoms. The largest absolute Gasteiger partial charge is 0.257 e. The van der Waals surface area contributed by atoms with Crippen molar-refractivity contribution in [3.63, 3.8) is 0 Å². The molecule has 0 aliphatic heterocycles. The molecule has 0 aromatic carbocycles. The van der Waals surface area contributed by atoms with Crippen molar-refractivity contribution in [3.05, 3.63) is 18.5 Å². The lowest BCUT2D eigenvalue weighted by Crippen LogP contribution is -2.08. The van der Waals surface area contributed by atoms with Crippen LogP contribution in [-0.4, -0.2) is 24.5 Å². The summed E-state index contributed by atoms with van der Waals surface area (Å²) in [5.74, 6) is -0.0729. The maximum atomic E-state index is 10.6. The molecule has 1 heterocycles. The lowest BCUT2D eigenvalue weighted by molar-refractivity contribution is 0.581. The zero-order valence-electron chi connectivity index (χ0n) is 5.48. The molecule has 0 amide bonds. The van der Waals surface area contributed by atoms with E-state index in [1.165, 1.54) is 4.68 Å². The molecule has 1 rings (SSSR count). The van der Waals surface area contributed by atoms with Gasteiger partial charge >= 0.3 is 0 Å². The second kappa shape index (κ2) is 2.42. The van der Waals surface area contributed by atoms with Crippen molar-refractivity contribution < 1.29 is 8.42 Å². The van der Waals surface area contributed by atoms with E-state index in [4.69, 9.17) is 0 Å². The molecular weight excluding hydrogens is 152 g/mol. The molecule has 0 saturated heterocycles. The van der Waals surface area contributed by atoms with Crippen LogP contribution in [0.5, 0.6) is 0 Å². The summed E-state index contributed by atoms with van der Waals surface area (Å²) < 4.78 is 22.6. The Kier molecular flexibility index (Phi) is 1.76. The zero-order valence-corrected chi connectivity index (χ0v) is 6.30. The molecule has 0 saturated carbocycles. The third-order valence-electron chi connectivity index (χ3n) is 0.874. The van der Waals surface area contributed by atoms with Crippen LogP contribution in [0, 0.1) is 6.20 Å². The highest BCUT2D eigenvalue weighted by atomic mass is 32.2. The first kappa shape index (κ1) is 7.27. The van der Waals surface area contributed by atoms with Crippen LogP contribution >= 0.6 is 0 Å². The quantitative estimate of drug-likeness (QED) is 0.594. The molecule has 10 heavy (non-hydrogen) atoms. The van der Waals surface area contributed by atoms with Crippen molar-refractivity contribution in [1.82, 2.24) is 9.78 Å². The second-order valence-corrected chi connectivity index (χ2v) is 4.15. The molecule has 0 spiro atoms. The van der Waals surface area contributed by atoms with E-state index in [9.17, 15) is 8.42 Å². The Morgan fingerprint density at radius 1 is 1.70 bits per heavy atom. The van der Waals surface area contributed by atoms with E-state index in [1.807, 2.05) is 0 Å². The number of nitrogens with zero attached hydrogens (tertiary/aromatic N) is 2. The maximum Gasteiger partial charge on any atom is 0.167 e. The summed E-state index contributed by atoms with van der Waals surface area (Å²) in [6.45, 7) is 0. The van der Waals surface area contributed by atoms with Gasteiger partial charge in [0.15, 0.2) is 9.84 Å². The maximum absolute atomic E-state index is 10.6. The standard InChI is InChI=1S/C5H7N2O2S/c1-10(8,9)5-7-4-2-3-6-7/h2,4H,5H2,1H3. The molecule has 0 atom stereocenters. The average molecular weight is 159 g/mol. The van der Waals surface area contributed by atoms with Crippen molar-refractivity contribution in [3.8, 4) is 0 Å². The van der Waals surface area contributed by atoms with E-state index in [-0.39, 0.29) is 5.88 Å². The molecule has 1 aromatic rings. The molecule has 0 N–H and O–H groups in total. The van der Waals surface area contributed by atoms with E-state index in [0.29, 0.717) is 0 Å². The number of aromatic nitrogens is 2. The third-order valence-corrected chi connectivity index (χ3v) is 1.61. The molecule has 0 bridgehead atoms. The average Bonchev–Trinajstić information content (AvgIpc) is 2.12. The normalized spacial score (nSPS) is 11.7. The minimum atomic E-state index is -2.97. The fourth-order valence-electron chi connectivity index (χ4n) is 0.572. The Morgan fingerprint density at radius 3 is 2.80 bits per heavy atom. The van der Waals surface area contributed by atoms with Crippen molar-refractivity contribution >= 4 is 9.84 Å². The van der Waals surface area contributed by atoms with Crippen LogP contribution < -0.4 is 0 Å². The van der Waals surface area contributed by atoms with Gasteiger partial charge in [0.25, 0.3) is 0 Å². The molecule has 0 aliphatic rings. The lowest BCUT2D eigenvalue weighted by Gasteiger charge is -1.95. The first-order valence-electron chi connectivity index (χ1n) is 2.65. The molecule has 1 radical (unpaired) electrons.